The van der Waals surface area contributed by atoms with Crippen LogP contribution in [0.4, 0.5) is 4.39 Å². The highest BCUT2D eigenvalue weighted by Crippen LogP contribution is 2.49. The number of hydrogen-bond donors (Lipinski definition) is 1. The Morgan fingerprint density at radius 2 is 2.03 bits per heavy atom. The molecule has 1 aliphatic carbocycles. The molecule has 31 heavy (non-hydrogen) atoms. The Morgan fingerprint density at radius 1 is 1.23 bits per heavy atom. The van der Waals surface area contributed by atoms with E-state index in [9.17, 15) is 4.79 Å². The first kappa shape index (κ1) is 20.2. The van der Waals surface area contributed by atoms with Crippen molar-refractivity contribution >= 4 is 32.3 Å². The molecule has 1 fully saturated rings. The van der Waals surface area contributed by atoms with Gasteiger partial charge in [-0.15, -0.1) is 11.3 Å². The van der Waals surface area contributed by atoms with Crippen LogP contribution in [0.5, 0.6) is 5.75 Å². The van der Waals surface area contributed by atoms with Crippen LogP contribution < -0.4 is 10.3 Å². The van der Waals surface area contributed by atoms with E-state index < -0.39 is 0 Å². The summed E-state index contributed by atoms with van der Waals surface area (Å²) in [4.78, 5) is 17.9. The highest BCUT2D eigenvalue weighted by molar-refractivity contribution is 7.17. The summed E-state index contributed by atoms with van der Waals surface area (Å²) in [7, 11) is 5.62. The lowest BCUT2D eigenvalue weighted by atomic mass is 9.92. The molecule has 0 saturated heterocycles. The van der Waals surface area contributed by atoms with Crippen LogP contribution in [0.3, 0.4) is 0 Å². The first-order valence-electron chi connectivity index (χ1n) is 10.6. The number of pyridine rings is 1. The number of aromatic amines is 1. The van der Waals surface area contributed by atoms with Crippen LogP contribution in [0.25, 0.3) is 32.1 Å². The van der Waals surface area contributed by atoms with Gasteiger partial charge in [0.05, 0.1) is 12.6 Å². The fourth-order valence-electron chi connectivity index (χ4n) is 4.35. The zero-order valence-electron chi connectivity index (χ0n) is 17.9. The normalized spacial score (nSPS) is 14.1. The van der Waals surface area contributed by atoms with Crippen molar-refractivity contribution in [3.05, 3.63) is 63.0 Å². The van der Waals surface area contributed by atoms with E-state index in [1.165, 1.54) is 11.3 Å². The summed E-state index contributed by atoms with van der Waals surface area (Å²) in [6.07, 6.45) is 2.87. The largest absolute Gasteiger partial charge is 0.496 e. The molecule has 0 bridgehead atoms. The van der Waals surface area contributed by atoms with Crippen molar-refractivity contribution in [1.29, 1.82) is 0 Å². The van der Waals surface area contributed by atoms with E-state index in [-0.39, 0.29) is 11.4 Å². The Labute approximate surface area is 184 Å². The Bertz CT molecular complexity index is 1350. The minimum atomic E-state index is -0.216. The molecule has 1 aliphatic rings. The molecule has 0 amide bonds. The smallest absolute Gasteiger partial charge is 0.266 e. The fourth-order valence-corrected chi connectivity index (χ4v) is 5.14. The zero-order valence-corrected chi connectivity index (χ0v) is 18.7. The number of rotatable bonds is 6. The van der Waals surface area contributed by atoms with Crippen molar-refractivity contribution in [1.82, 2.24) is 9.88 Å². The number of nitrogens with zero attached hydrogens (tertiary/aromatic N) is 1. The number of ether oxygens (including phenoxy) is 1. The predicted octanol–water partition coefficient (Wildman–Crippen LogP) is 5.54. The summed E-state index contributed by atoms with van der Waals surface area (Å²) in [6, 6.07) is 9.44. The number of thiophene rings is 1. The summed E-state index contributed by atoms with van der Waals surface area (Å²) in [5.41, 5.74) is 4.19. The van der Waals surface area contributed by atoms with Crippen LogP contribution in [0.2, 0.25) is 0 Å². The van der Waals surface area contributed by atoms with E-state index in [0.717, 1.165) is 58.1 Å². The van der Waals surface area contributed by atoms with Gasteiger partial charge in [0.2, 0.25) is 0 Å². The maximum atomic E-state index is 15.0. The molecule has 2 heterocycles. The van der Waals surface area contributed by atoms with Crippen LogP contribution in [-0.2, 0) is 6.42 Å². The Balaban J connectivity index is 1.79. The molecule has 1 N–H and O–H groups in total. The quantitative estimate of drug-likeness (QED) is 0.432. The predicted molar refractivity (Wildman–Crippen MR) is 126 cm³/mol. The summed E-state index contributed by atoms with van der Waals surface area (Å²) >= 11 is 1.43. The SMILES string of the molecule is COc1cc(C2CC2)c2[nH]c(=O)c3sccc3c2c1-c1ccc(CCN(C)C)c(F)c1. The van der Waals surface area contributed by atoms with Gasteiger partial charge in [0, 0.05) is 22.9 Å². The van der Waals surface area contributed by atoms with Crippen molar-refractivity contribution in [3.8, 4) is 16.9 Å². The molecule has 4 nitrogen and oxygen atoms in total. The van der Waals surface area contributed by atoms with Crippen molar-refractivity contribution < 1.29 is 9.13 Å². The van der Waals surface area contributed by atoms with E-state index in [2.05, 4.69) is 4.98 Å². The van der Waals surface area contributed by atoms with Crippen LogP contribution in [-0.4, -0.2) is 37.6 Å². The molecule has 5 rings (SSSR count). The number of fused-ring (bicyclic) bond motifs is 3. The van der Waals surface area contributed by atoms with Gasteiger partial charge in [-0.2, -0.15) is 0 Å². The third kappa shape index (κ3) is 3.54. The minimum Gasteiger partial charge on any atom is -0.496 e. The first-order valence-corrected chi connectivity index (χ1v) is 11.4. The number of methoxy groups -OCH3 is 1. The molecule has 0 radical (unpaired) electrons. The number of H-pyrrole nitrogens is 1. The number of benzene rings is 2. The molecule has 2 aromatic carbocycles. The van der Waals surface area contributed by atoms with E-state index in [4.69, 9.17) is 4.74 Å². The maximum Gasteiger partial charge on any atom is 0.266 e. The Hall–Kier alpha value is -2.70. The van der Waals surface area contributed by atoms with Crippen LogP contribution in [0, 0.1) is 5.82 Å². The van der Waals surface area contributed by atoms with Gasteiger partial charge in [0.25, 0.3) is 5.56 Å². The van der Waals surface area contributed by atoms with Crippen LogP contribution >= 0.6 is 11.3 Å². The summed E-state index contributed by atoms with van der Waals surface area (Å²) in [6.45, 7) is 0.787. The summed E-state index contributed by atoms with van der Waals surface area (Å²) < 4.78 is 21.5. The monoisotopic (exact) mass is 436 g/mol. The zero-order chi connectivity index (χ0) is 21.7. The van der Waals surface area contributed by atoms with Crippen molar-refractivity contribution in [3.63, 3.8) is 0 Å². The highest BCUT2D eigenvalue weighted by Gasteiger charge is 2.29. The van der Waals surface area contributed by atoms with Crippen molar-refractivity contribution in [2.45, 2.75) is 25.2 Å². The highest BCUT2D eigenvalue weighted by atomic mass is 32.1. The standard InChI is InChI=1S/C25H25FN2O2S/c1-28(2)10-8-15-6-7-16(12-19(15)26)21-20(30-3)13-18(14-4-5-14)23-22(21)17-9-11-31-24(17)25(29)27-23/h6-7,9,11-14H,4-5,8,10H2,1-3H3,(H,27,29). The van der Waals surface area contributed by atoms with Gasteiger partial charge in [0.1, 0.15) is 16.3 Å². The van der Waals surface area contributed by atoms with Gasteiger partial charge in [0.15, 0.2) is 0 Å². The lowest BCUT2D eigenvalue weighted by molar-refractivity contribution is 0.410. The molecule has 0 aliphatic heterocycles. The second kappa shape index (κ2) is 7.77. The van der Waals surface area contributed by atoms with Crippen LogP contribution in [0.1, 0.15) is 29.9 Å². The van der Waals surface area contributed by atoms with Gasteiger partial charge in [-0.3, -0.25) is 4.79 Å². The van der Waals surface area contributed by atoms with E-state index in [1.807, 2.05) is 48.6 Å². The first-order chi connectivity index (χ1) is 15.0. The average Bonchev–Trinajstić information content (AvgIpc) is 3.47. The molecule has 4 aromatic rings. The molecular formula is C25H25FN2O2S. The van der Waals surface area contributed by atoms with Gasteiger partial charge in [-0.05, 0) is 79.5 Å². The molecule has 2 aromatic heterocycles. The van der Waals surface area contributed by atoms with Gasteiger partial charge in [-0.25, -0.2) is 4.39 Å². The topological polar surface area (TPSA) is 45.3 Å². The molecule has 160 valence electrons. The third-order valence-electron chi connectivity index (χ3n) is 6.11. The number of hydrogen-bond acceptors (Lipinski definition) is 4. The third-order valence-corrected chi connectivity index (χ3v) is 7.02. The summed E-state index contributed by atoms with van der Waals surface area (Å²) in [5, 5.41) is 3.78. The number of likely N-dealkylation sites (N-methyl/N-ethyl adjacent to an activating group) is 1. The molecule has 0 atom stereocenters. The lowest BCUT2D eigenvalue weighted by Crippen LogP contribution is -2.15. The minimum absolute atomic E-state index is 0.0688. The molecule has 6 heteroatoms. The van der Waals surface area contributed by atoms with Gasteiger partial charge in [-0.1, -0.05) is 12.1 Å². The maximum absolute atomic E-state index is 15.0. The molecular weight excluding hydrogens is 411 g/mol. The second-order valence-electron chi connectivity index (χ2n) is 8.54. The van der Waals surface area contributed by atoms with Crippen molar-refractivity contribution in [2.24, 2.45) is 0 Å². The van der Waals surface area contributed by atoms with Gasteiger partial charge < -0.3 is 14.6 Å². The lowest BCUT2D eigenvalue weighted by Gasteiger charge is -2.17. The summed E-state index contributed by atoms with van der Waals surface area (Å²) in [5.74, 6) is 0.934. The molecule has 0 unspecified atom stereocenters. The Kier molecular flexibility index (Phi) is 5.07. The van der Waals surface area contributed by atoms with Crippen LogP contribution in [0.15, 0.2) is 40.5 Å². The fraction of sp³-hybridized carbons (Fsp3) is 0.320. The van der Waals surface area contributed by atoms with E-state index >= 15 is 4.39 Å². The Morgan fingerprint density at radius 3 is 2.71 bits per heavy atom. The molecule has 0 spiro atoms. The molecule has 1 saturated carbocycles. The van der Waals surface area contributed by atoms with E-state index in [1.54, 1.807) is 13.2 Å². The van der Waals surface area contributed by atoms with Crippen molar-refractivity contribution in [2.75, 3.05) is 27.7 Å². The second-order valence-corrected chi connectivity index (χ2v) is 9.46. The average molecular weight is 437 g/mol. The van der Waals surface area contributed by atoms with Gasteiger partial charge >= 0.3 is 0 Å². The number of aromatic nitrogens is 1. The van der Waals surface area contributed by atoms with E-state index in [0.29, 0.717) is 22.6 Å². The number of nitrogens with one attached hydrogen (secondary N) is 1. The number of halogens is 1.